The van der Waals surface area contributed by atoms with Gasteiger partial charge in [0, 0.05) is 27.7 Å². The molecule has 8 aromatic carbocycles. The molecule has 8 aromatic rings. The molecule has 1 amide bonds. The number of esters is 4. The average molecular weight is 1850 g/mol. The van der Waals surface area contributed by atoms with Crippen LogP contribution in [-0.2, 0) is 181 Å². The summed E-state index contributed by atoms with van der Waals surface area (Å²) >= 11 is 19.6. The number of amides is 1. The fraction of sp³-hybridized carbons (Fsp3) is 0.444. The van der Waals surface area contributed by atoms with Gasteiger partial charge in [0.25, 0.3) is 9.70 Å². The van der Waals surface area contributed by atoms with E-state index in [-0.39, 0.29) is 66.1 Å². The van der Waals surface area contributed by atoms with E-state index in [9.17, 15) is 24.0 Å². The zero-order valence-electron chi connectivity index (χ0n) is 73.2. The minimum atomic E-state index is -2.79. The maximum Gasteiger partial charge on any atom is 0.303 e. The number of ether oxygens (including phenoxy) is 22. The molecule has 696 valence electrons. The molecule has 0 spiro atoms. The fourth-order valence-corrected chi connectivity index (χ4v) is 16.3. The second-order valence-electron chi connectivity index (χ2n) is 32.1. The first kappa shape index (κ1) is 98.5. The highest BCUT2D eigenvalue weighted by atomic mass is 35.6. The fourth-order valence-electron chi connectivity index (χ4n) is 16.2. The number of benzene rings is 8. The zero-order chi connectivity index (χ0) is 91.5. The van der Waals surface area contributed by atoms with E-state index in [2.05, 4.69) is 11.9 Å². The second kappa shape index (κ2) is 49.1. The number of halogens is 3. The molecule has 13 rings (SSSR count). The van der Waals surface area contributed by atoms with E-state index in [0.717, 1.165) is 54.2 Å². The van der Waals surface area contributed by atoms with Gasteiger partial charge in [-0.1, -0.05) is 284 Å². The lowest BCUT2D eigenvalue weighted by Crippen LogP contribution is -2.71. The van der Waals surface area contributed by atoms with Gasteiger partial charge in [0.15, 0.2) is 49.8 Å². The van der Waals surface area contributed by atoms with Crippen LogP contribution in [0.1, 0.15) is 93.0 Å². The molecule has 5 aliphatic heterocycles. The van der Waals surface area contributed by atoms with E-state index < -0.39 is 194 Å². The van der Waals surface area contributed by atoms with Crippen molar-refractivity contribution in [2.45, 2.75) is 259 Å². The summed E-state index contributed by atoms with van der Waals surface area (Å²) < 4.78 is 152. The van der Waals surface area contributed by atoms with Gasteiger partial charge in [0.05, 0.1) is 84.4 Å². The topological polar surface area (TPSA) is 300 Å². The van der Waals surface area contributed by atoms with Crippen molar-refractivity contribution in [2.24, 2.45) is 0 Å². The van der Waals surface area contributed by atoms with Gasteiger partial charge >= 0.3 is 23.9 Å². The Hall–Kier alpha value is -9.00. The molecule has 130 heavy (non-hydrogen) atoms. The normalized spacial score (nSPS) is 29.2. The number of nitrogens with one attached hydrogen (secondary N) is 1. The quantitative estimate of drug-likeness (QED) is 0.0161. The first-order valence-corrected chi connectivity index (χ1v) is 44.5. The monoisotopic (exact) mass is 1850 g/mol. The van der Waals surface area contributed by atoms with E-state index in [0.29, 0.717) is 11.1 Å². The number of carbonyl (C=O) groups is 5. The van der Waals surface area contributed by atoms with E-state index in [1.54, 1.807) is 20.8 Å². The summed E-state index contributed by atoms with van der Waals surface area (Å²) in [5.41, 5.74) is 6.17. The summed E-state index contributed by atoms with van der Waals surface area (Å²) in [7, 11) is 0. The highest BCUT2D eigenvalue weighted by Crippen LogP contribution is 2.43. The van der Waals surface area contributed by atoms with Crippen LogP contribution >= 0.6 is 34.8 Å². The van der Waals surface area contributed by atoms with Crippen molar-refractivity contribution in [1.29, 1.82) is 0 Å². The van der Waals surface area contributed by atoms with Crippen LogP contribution in [-0.4, -0.2) is 207 Å². The average Bonchev–Trinajstić information content (AvgIpc) is 0.751. The first-order valence-electron chi connectivity index (χ1n) is 43.3. The molecule has 5 fully saturated rings. The SMILES string of the molecule is C=CCO[C@@H]1O[C@@H](C)[C@H](OCc2ccccc2)[C@@H](O[C@@H]2O[C@@H](C)[C@H](OCc3ccccc3)[C@@H](OCc3ccccc3)[C@H]2O[C@@H]2O[C@@H](C)[C@H](OCc3ccccc3)[C@@H](O[C@H]3O[C@H](COCc4ccccc4)[C@@H](OCc4ccccc4)[C@H](OCc4ccccc4)[C@H]3OCc3ccccc3)[C@H]2O[C@@H]2O[C@H](COC(C)=O)[C@@H](OC(C)=O)[C@H](OC(C)=O)[C@H]2NC(=O)C(Cl)(Cl)Cl)[C@H]1OC(C)=O. The lowest BCUT2D eigenvalue weighted by molar-refractivity contribution is -0.415. The summed E-state index contributed by atoms with van der Waals surface area (Å²) in [6, 6.07) is 73.8. The molecule has 0 unspecified atom stereocenters. The lowest BCUT2D eigenvalue weighted by Gasteiger charge is -2.53. The Morgan fingerprint density at radius 1 is 0.315 bits per heavy atom. The molecule has 1 N–H and O–H groups in total. The Kier molecular flexibility index (Phi) is 37.2. The van der Waals surface area contributed by atoms with Crippen molar-refractivity contribution in [3.8, 4) is 0 Å². The summed E-state index contributed by atoms with van der Waals surface area (Å²) in [6.45, 7) is 12.7. The maximum absolute atomic E-state index is 14.8. The van der Waals surface area contributed by atoms with Crippen LogP contribution in [0.5, 0.6) is 0 Å². The molecule has 31 heteroatoms. The van der Waals surface area contributed by atoms with Crippen molar-refractivity contribution >= 4 is 64.6 Å². The van der Waals surface area contributed by atoms with Crippen LogP contribution in [0.2, 0.25) is 0 Å². The summed E-state index contributed by atoms with van der Waals surface area (Å²) in [5, 5.41) is 2.68. The smallest absolute Gasteiger partial charge is 0.303 e. The molecule has 25 atom stereocenters. The summed E-state index contributed by atoms with van der Waals surface area (Å²) in [6.07, 6.45) is -33.2. The predicted octanol–water partition coefficient (Wildman–Crippen LogP) is 13.9. The van der Waals surface area contributed by atoms with Crippen molar-refractivity contribution in [2.75, 3.05) is 19.8 Å². The van der Waals surface area contributed by atoms with Crippen LogP contribution < -0.4 is 5.32 Å². The van der Waals surface area contributed by atoms with Crippen molar-refractivity contribution < 1.29 is 128 Å². The summed E-state index contributed by atoms with van der Waals surface area (Å²) in [4.78, 5) is 69.3. The van der Waals surface area contributed by atoms with Crippen LogP contribution in [0.15, 0.2) is 255 Å². The molecule has 0 radical (unpaired) electrons. The Morgan fingerprint density at radius 3 is 0.992 bits per heavy atom. The Balaban J connectivity index is 1.04. The number of alkyl halides is 3. The molecule has 28 nitrogen and oxygen atoms in total. The van der Waals surface area contributed by atoms with E-state index in [1.807, 2.05) is 243 Å². The molecule has 0 bridgehead atoms. The molecular weight excluding hydrogens is 1740 g/mol. The summed E-state index contributed by atoms with van der Waals surface area (Å²) in [5.74, 6) is -4.78. The zero-order valence-corrected chi connectivity index (χ0v) is 75.5. The van der Waals surface area contributed by atoms with Gasteiger partial charge in [-0.3, -0.25) is 24.0 Å². The Labute approximate surface area is 771 Å². The third kappa shape index (κ3) is 28.1. The van der Waals surface area contributed by atoms with Gasteiger partial charge < -0.3 is 110 Å². The molecule has 5 saturated heterocycles. The van der Waals surface area contributed by atoms with E-state index in [4.69, 9.17) is 139 Å². The predicted molar refractivity (Wildman–Crippen MR) is 473 cm³/mol. The second-order valence-corrected chi connectivity index (χ2v) is 34.4. The first-order chi connectivity index (χ1) is 63.0. The highest BCUT2D eigenvalue weighted by Gasteiger charge is 2.61. The highest BCUT2D eigenvalue weighted by molar-refractivity contribution is 6.76. The molecular formula is C99H112Cl3NO27. The molecule has 5 aliphatic rings. The van der Waals surface area contributed by atoms with Gasteiger partial charge in [0.1, 0.15) is 92.0 Å². The number of carbonyl (C=O) groups excluding carboxylic acids is 5. The van der Waals surface area contributed by atoms with E-state index in [1.165, 1.54) is 13.0 Å². The molecule has 0 aromatic heterocycles. The van der Waals surface area contributed by atoms with Crippen LogP contribution in [0.25, 0.3) is 0 Å². The van der Waals surface area contributed by atoms with E-state index >= 15 is 0 Å². The third-order valence-electron chi connectivity index (χ3n) is 22.3. The maximum atomic E-state index is 14.8. The van der Waals surface area contributed by atoms with Gasteiger partial charge in [-0.05, 0) is 65.3 Å². The minimum absolute atomic E-state index is 0.000512. The van der Waals surface area contributed by atoms with Gasteiger partial charge in [-0.2, -0.15) is 0 Å². The van der Waals surface area contributed by atoms with Crippen LogP contribution in [0.3, 0.4) is 0 Å². The van der Waals surface area contributed by atoms with Crippen molar-refractivity contribution in [3.63, 3.8) is 0 Å². The van der Waals surface area contributed by atoms with Gasteiger partial charge in [-0.15, -0.1) is 6.58 Å². The van der Waals surface area contributed by atoms with Gasteiger partial charge in [-0.25, -0.2) is 0 Å². The molecule has 5 heterocycles. The van der Waals surface area contributed by atoms with Crippen molar-refractivity contribution in [3.05, 3.63) is 300 Å². The standard InChI is InChI=1S/C99H112Cl3NO27/c1-9-50-110-94-91(124-67(8)107)87(80(62(3)119-94)113-53-70-38-22-12-23-39-70)128-96-90(85(116-56-73-44-28-15-29-45-73)79(61(2)120-96)112-52-69-36-20-11-21-37-69)130-97-92(129-93-78(103-98(108)99(100,101)102)84(123-66(7)106)83(122-65(6)105)77(125-93)60-111-64(5)104)88(81(63(4)121-97)114-54-71-40-24-13-25-41-71)127-95-89(118-58-75-48-32-17-33-49-75)86(117-57-74-46-30-16-31-47-74)82(115-55-72-42-26-14-27-43-72)76(126-95)59-109-51-68-34-18-10-19-35-68/h9-49,61-63,76-97H,1,50-60H2,2-8H3,(H,103,108)/t61-,62-,63-,76+,77+,78+,79-,80-,81-,82+,83+,84+,85+,86-,87+,88+,89+,90+,91+,92+,93-,94+,95+,96-,97-/m0/s1. The lowest BCUT2D eigenvalue weighted by atomic mass is 9.94. The minimum Gasteiger partial charge on any atom is -0.463 e. The molecule has 0 aliphatic carbocycles. The number of hydrogen-bond acceptors (Lipinski definition) is 27. The molecule has 0 saturated carbocycles. The van der Waals surface area contributed by atoms with Crippen molar-refractivity contribution in [1.82, 2.24) is 5.32 Å². The van der Waals surface area contributed by atoms with Crippen LogP contribution in [0, 0.1) is 0 Å². The van der Waals surface area contributed by atoms with Crippen LogP contribution in [0.4, 0.5) is 0 Å². The number of rotatable bonds is 42. The largest absolute Gasteiger partial charge is 0.463 e. The number of hydrogen-bond donors (Lipinski definition) is 1. The Morgan fingerprint density at radius 2 is 0.608 bits per heavy atom. The third-order valence-corrected chi connectivity index (χ3v) is 22.8. The Bertz CT molecular complexity index is 4760. The van der Waals surface area contributed by atoms with Gasteiger partial charge in [0.2, 0.25) is 0 Å².